The highest BCUT2D eigenvalue weighted by Crippen LogP contribution is 2.15. The van der Waals surface area contributed by atoms with Crippen LogP contribution >= 0.6 is 35.3 Å². The van der Waals surface area contributed by atoms with E-state index in [9.17, 15) is 4.79 Å². The Kier molecular flexibility index (Phi) is 9.72. The van der Waals surface area contributed by atoms with Gasteiger partial charge in [0, 0.05) is 57.4 Å². The third-order valence-corrected chi connectivity index (χ3v) is 5.93. The van der Waals surface area contributed by atoms with Gasteiger partial charge in [-0.25, -0.2) is 0 Å². The Morgan fingerprint density at radius 2 is 1.86 bits per heavy atom. The van der Waals surface area contributed by atoms with E-state index in [2.05, 4.69) is 61.9 Å². The minimum atomic E-state index is 0. The number of rotatable bonds is 6. The summed E-state index contributed by atoms with van der Waals surface area (Å²) < 4.78 is 0. The molecule has 8 heteroatoms. The van der Waals surface area contributed by atoms with Gasteiger partial charge >= 0.3 is 0 Å². The first kappa shape index (κ1) is 23.5. The number of para-hydroxylation sites is 1. The van der Waals surface area contributed by atoms with Gasteiger partial charge in [0.15, 0.2) is 5.96 Å². The Hall–Kier alpha value is -1.81. The molecule has 1 N–H and O–H groups in total. The smallest absolute Gasteiger partial charge is 0.242 e. The number of carbonyl (C=O) groups excluding carboxylic acids is 1. The Morgan fingerprint density at radius 3 is 2.48 bits per heavy atom. The van der Waals surface area contributed by atoms with Crippen LogP contribution in [0.1, 0.15) is 4.88 Å². The van der Waals surface area contributed by atoms with Crippen LogP contribution in [0.5, 0.6) is 0 Å². The standard InChI is InChI=1S/C21H29N5OS.HI/c1-22-21(24(2)11-10-19-9-6-16-28-19)23-17-20(27)26-14-12-25(13-15-26)18-7-4-3-5-8-18;/h3-9,16H,10-15,17H2,1-2H3,(H,22,23);1H. The predicted octanol–water partition coefficient (Wildman–Crippen LogP) is 2.76. The van der Waals surface area contributed by atoms with Gasteiger partial charge in [-0.2, -0.15) is 0 Å². The number of hydrogen-bond donors (Lipinski definition) is 1. The normalized spacial score (nSPS) is 14.3. The highest BCUT2D eigenvalue weighted by Gasteiger charge is 2.21. The molecule has 6 nitrogen and oxygen atoms in total. The molecule has 29 heavy (non-hydrogen) atoms. The number of nitrogens with one attached hydrogen (secondary N) is 1. The van der Waals surface area contributed by atoms with E-state index in [1.165, 1.54) is 10.6 Å². The molecule has 1 aromatic heterocycles. The molecule has 1 amide bonds. The quantitative estimate of drug-likeness (QED) is 0.357. The molecule has 0 radical (unpaired) electrons. The minimum absolute atomic E-state index is 0. The summed E-state index contributed by atoms with van der Waals surface area (Å²) in [7, 11) is 3.76. The molecular weight excluding hydrogens is 497 g/mol. The number of likely N-dealkylation sites (N-methyl/N-ethyl adjacent to an activating group) is 1. The Labute approximate surface area is 194 Å². The van der Waals surface area contributed by atoms with Crippen LogP contribution < -0.4 is 10.2 Å². The largest absolute Gasteiger partial charge is 0.368 e. The minimum Gasteiger partial charge on any atom is -0.368 e. The molecule has 2 heterocycles. The average Bonchev–Trinajstić information content (AvgIpc) is 3.27. The second-order valence-corrected chi connectivity index (χ2v) is 7.89. The SMILES string of the molecule is CN=C(NCC(=O)N1CCN(c2ccccc2)CC1)N(C)CCc1cccs1.I. The molecule has 0 unspecified atom stereocenters. The maximum Gasteiger partial charge on any atom is 0.242 e. The zero-order valence-electron chi connectivity index (χ0n) is 17.1. The fourth-order valence-corrected chi connectivity index (χ4v) is 4.04. The first-order valence-corrected chi connectivity index (χ1v) is 10.6. The van der Waals surface area contributed by atoms with Crippen molar-refractivity contribution in [3.63, 3.8) is 0 Å². The van der Waals surface area contributed by atoms with Gasteiger partial charge in [-0.05, 0) is 30.0 Å². The van der Waals surface area contributed by atoms with Crippen molar-refractivity contribution in [1.29, 1.82) is 0 Å². The molecule has 1 saturated heterocycles. The number of aliphatic imine (C=N–C) groups is 1. The molecule has 1 aromatic carbocycles. The monoisotopic (exact) mass is 527 g/mol. The van der Waals surface area contributed by atoms with Crippen molar-refractivity contribution >= 4 is 52.9 Å². The summed E-state index contributed by atoms with van der Waals surface area (Å²) in [6.07, 6.45) is 0.976. The van der Waals surface area contributed by atoms with Crippen LogP contribution in [0.4, 0.5) is 5.69 Å². The zero-order valence-corrected chi connectivity index (χ0v) is 20.2. The van der Waals surface area contributed by atoms with Gasteiger partial charge in [0.1, 0.15) is 0 Å². The van der Waals surface area contributed by atoms with Crippen molar-refractivity contribution in [2.24, 2.45) is 4.99 Å². The molecule has 2 aromatic rings. The predicted molar refractivity (Wildman–Crippen MR) is 133 cm³/mol. The van der Waals surface area contributed by atoms with Crippen LogP contribution in [0, 0.1) is 0 Å². The third kappa shape index (κ3) is 6.88. The summed E-state index contributed by atoms with van der Waals surface area (Å²) in [5.74, 6) is 0.883. The van der Waals surface area contributed by atoms with Gasteiger partial charge in [0.05, 0.1) is 6.54 Å². The van der Waals surface area contributed by atoms with Gasteiger partial charge in [0.2, 0.25) is 5.91 Å². The fourth-order valence-electron chi connectivity index (χ4n) is 3.34. The highest BCUT2D eigenvalue weighted by molar-refractivity contribution is 14.0. The van der Waals surface area contributed by atoms with Gasteiger partial charge in [0.25, 0.3) is 0 Å². The van der Waals surface area contributed by atoms with E-state index in [0.717, 1.165) is 45.1 Å². The van der Waals surface area contributed by atoms with E-state index in [-0.39, 0.29) is 36.4 Å². The van der Waals surface area contributed by atoms with Crippen LogP contribution in [0.15, 0.2) is 52.8 Å². The number of carbonyl (C=O) groups is 1. The third-order valence-electron chi connectivity index (χ3n) is 5.00. The van der Waals surface area contributed by atoms with Crippen LogP contribution in [-0.2, 0) is 11.2 Å². The lowest BCUT2D eigenvalue weighted by molar-refractivity contribution is -0.130. The Balaban J connectivity index is 0.00000300. The van der Waals surface area contributed by atoms with Gasteiger partial charge in [-0.1, -0.05) is 24.3 Å². The molecule has 1 aliphatic rings. The van der Waals surface area contributed by atoms with Crippen molar-refractivity contribution in [3.8, 4) is 0 Å². The molecule has 0 spiro atoms. The summed E-state index contributed by atoms with van der Waals surface area (Å²) in [6.45, 7) is 4.38. The van der Waals surface area contributed by atoms with E-state index in [4.69, 9.17) is 0 Å². The van der Waals surface area contributed by atoms with Crippen LogP contribution in [0.3, 0.4) is 0 Å². The molecule has 158 valence electrons. The topological polar surface area (TPSA) is 51.2 Å². The second kappa shape index (κ2) is 12.0. The van der Waals surface area contributed by atoms with Crippen LogP contribution in [-0.4, -0.2) is 75.0 Å². The lowest BCUT2D eigenvalue weighted by Gasteiger charge is -2.36. The van der Waals surface area contributed by atoms with E-state index in [1.54, 1.807) is 18.4 Å². The van der Waals surface area contributed by atoms with Gasteiger partial charge in [-0.15, -0.1) is 35.3 Å². The average molecular weight is 527 g/mol. The Bertz CT molecular complexity index is 761. The summed E-state index contributed by atoms with van der Waals surface area (Å²) in [5.41, 5.74) is 1.22. The van der Waals surface area contributed by atoms with E-state index in [1.807, 2.05) is 18.0 Å². The fraction of sp³-hybridized carbons (Fsp3) is 0.429. The number of halogens is 1. The zero-order chi connectivity index (χ0) is 19.8. The van der Waals surface area contributed by atoms with E-state index < -0.39 is 0 Å². The van der Waals surface area contributed by atoms with Crippen molar-refractivity contribution in [3.05, 3.63) is 52.7 Å². The lowest BCUT2D eigenvalue weighted by atomic mass is 10.2. The number of piperazine rings is 1. The number of thiophene rings is 1. The van der Waals surface area contributed by atoms with E-state index >= 15 is 0 Å². The van der Waals surface area contributed by atoms with Crippen LogP contribution in [0.25, 0.3) is 0 Å². The number of hydrogen-bond acceptors (Lipinski definition) is 4. The maximum absolute atomic E-state index is 12.6. The summed E-state index contributed by atoms with van der Waals surface area (Å²) in [4.78, 5) is 24.6. The first-order valence-electron chi connectivity index (χ1n) is 9.69. The van der Waals surface area contributed by atoms with Crippen LogP contribution in [0.2, 0.25) is 0 Å². The van der Waals surface area contributed by atoms with Gasteiger partial charge < -0.3 is 20.0 Å². The summed E-state index contributed by atoms with van der Waals surface area (Å²) in [6, 6.07) is 14.6. The molecule has 0 bridgehead atoms. The number of guanidine groups is 1. The first-order chi connectivity index (χ1) is 13.7. The number of benzene rings is 1. The Morgan fingerprint density at radius 1 is 1.14 bits per heavy atom. The molecule has 0 saturated carbocycles. The molecule has 3 rings (SSSR count). The van der Waals surface area contributed by atoms with Crippen molar-refractivity contribution in [2.75, 3.05) is 58.3 Å². The molecule has 1 fully saturated rings. The number of amides is 1. The van der Waals surface area contributed by atoms with Crippen molar-refractivity contribution < 1.29 is 4.79 Å². The second-order valence-electron chi connectivity index (χ2n) is 6.86. The van der Waals surface area contributed by atoms with E-state index in [0.29, 0.717) is 0 Å². The van der Waals surface area contributed by atoms with Crippen molar-refractivity contribution in [1.82, 2.24) is 15.1 Å². The number of anilines is 1. The molecular formula is C21H30IN5OS. The summed E-state index contributed by atoms with van der Waals surface area (Å²) >= 11 is 1.77. The highest BCUT2D eigenvalue weighted by atomic mass is 127. The summed E-state index contributed by atoms with van der Waals surface area (Å²) in [5, 5.41) is 5.31. The lowest BCUT2D eigenvalue weighted by Crippen LogP contribution is -2.52. The molecule has 0 atom stereocenters. The number of nitrogens with zero attached hydrogens (tertiary/aromatic N) is 4. The van der Waals surface area contributed by atoms with Gasteiger partial charge in [-0.3, -0.25) is 9.79 Å². The molecule has 0 aliphatic carbocycles. The maximum atomic E-state index is 12.6. The molecule has 1 aliphatic heterocycles. The van der Waals surface area contributed by atoms with Crippen molar-refractivity contribution in [2.45, 2.75) is 6.42 Å².